The zero-order valence-corrected chi connectivity index (χ0v) is 17.9. The summed E-state index contributed by atoms with van der Waals surface area (Å²) in [7, 11) is 0. The average Bonchev–Trinajstić information content (AvgIpc) is 2.78. The minimum Gasteiger partial charge on any atom is -0.347 e. The number of hydrogen-bond acceptors (Lipinski definition) is 5. The highest BCUT2D eigenvalue weighted by molar-refractivity contribution is 5.70. The van der Waals surface area contributed by atoms with E-state index >= 15 is 0 Å². The maximum absolute atomic E-state index is 11.7. The number of rotatable bonds is 9. The fraction of sp³-hybridized carbons (Fsp3) is 0.280. The topological polar surface area (TPSA) is 83.1 Å². The molecule has 0 saturated carbocycles. The van der Waals surface area contributed by atoms with Gasteiger partial charge in [0.05, 0.1) is 16.6 Å². The molecule has 0 aliphatic heterocycles. The Morgan fingerprint density at radius 3 is 2.52 bits per heavy atom. The summed E-state index contributed by atoms with van der Waals surface area (Å²) < 4.78 is 0. The molecular weight excluding hydrogens is 388 g/mol. The lowest BCUT2D eigenvalue weighted by atomic mass is 9.99. The number of aromatic nitrogens is 1. The molecule has 0 unspecified atom stereocenters. The van der Waals surface area contributed by atoms with Gasteiger partial charge in [-0.3, -0.25) is 10.1 Å². The quantitative estimate of drug-likeness (QED) is 0.242. The molecular formula is C25H26N4O2. The van der Waals surface area contributed by atoms with Crippen molar-refractivity contribution in [2.45, 2.75) is 39.7 Å². The molecule has 6 heteroatoms. The normalized spacial score (nSPS) is 10.5. The van der Waals surface area contributed by atoms with Crippen LogP contribution in [0.4, 0.5) is 11.5 Å². The number of nitriles is 1. The number of pyridine rings is 1. The van der Waals surface area contributed by atoms with Crippen molar-refractivity contribution in [3.63, 3.8) is 0 Å². The van der Waals surface area contributed by atoms with Gasteiger partial charge in [-0.25, -0.2) is 4.98 Å². The van der Waals surface area contributed by atoms with Gasteiger partial charge in [-0.2, -0.15) is 5.26 Å². The van der Waals surface area contributed by atoms with Crippen LogP contribution in [-0.2, 0) is 6.54 Å². The van der Waals surface area contributed by atoms with Crippen LogP contribution in [0.25, 0.3) is 11.1 Å². The summed E-state index contributed by atoms with van der Waals surface area (Å²) in [6.45, 7) is 5.11. The average molecular weight is 415 g/mol. The summed E-state index contributed by atoms with van der Waals surface area (Å²) in [5.74, 6) is 0.417. The number of hydrogen-bond donors (Lipinski definition) is 0. The van der Waals surface area contributed by atoms with E-state index in [0.29, 0.717) is 30.0 Å². The summed E-state index contributed by atoms with van der Waals surface area (Å²) in [6, 6.07) is 19.4. The number of anilines is 1. The number of aryl methyl sites for hydroxylation is 1. The molecule has 0 amide bonds. The third-order valence-corrected chi connectivity index (χ3v) is 5.31. The van der Waals surface area contributed by atoms with Crippen molar-refractivity contribution in [2.24, 2.45) is 0 Å². The highest BCUT2D eigenvalue weighted by Gasteiger charge is 2.23. The first kappa shape index (κ1) is 22.0. The molecule has 158 valence electrons. The van der Waals surface area contributed by atoms with Gasteiger partial charge in [-0.05, 0) is 42.2 Å². The van der Waals surface area contributed by atoms with E-state index < -0.39 is 0 Å². The van der Waals surface area contributed by atoms with Crippen LogP contribution >= 0.6 is 0 Å². The Morgan fingerprint density at radius 1 is 1.10 bits per heavy atom. The molecule has 6 nitrogen and oxygen atoms in total. The van der Waals surface area contributed by atoms with Crippen molar-refractivity contribution < 1.29 is 4.92 Å². The molecule has 0 N–H and O–H groups in total. The first-order chi connectivity index (χ1) is 15.0. The molecule has 1 heterocycles. The van der Waals surface area contributed by atoms with Gasteiger partial charge in [0.25, 0.3) is 0 Å². The molecule has 0 spiro atoms. The van der Waals surface area contributed by atoms with Crippen LogP contribution in [0.3, 0.4) is 0 Å². The van der Waals surface area contributed by atoms with E-state index in [-0.39, 0.29) is 10.6 Å². The van der Waals surface area contributed by atoms with E-state index in [2.05, 4.69) is 18.0 Å². The van der Waals surface area contributed by atoms with Crippen LogP contribution in [0, 0.1) is 28.4 Å². The molecule has 3 aromatic rings. The van der Waals surface area contributed by atoms with Gasteiger partial charge in [-0.1, -0.05) is 62.2 Å². The van der Waals surface area contributed by atoms with Gasteiger partial charge < -0.3 is 4.90 Å². The summed E-state index contributed by atoms with van der Waals surface area (Å²) in [5.41, 5.74) is 4.21. The predicted molar refractivity (Wildman–Crippen MR) is 123 cm³/mol. The van der Waals surface area contributed by atoms with Gasteiger partial charge in [0, 0.05) is 24.8 Å². The highest BCUT2D eigenvalue weighted by atomic mass is 16.6. The van der Waals surface area contributed by atoms with Crippen LogP contribution in [0.1, 0.15) is 42.9 Å². The lowest BCUT2D eigenvalue weighted by Gasteiger charge is -2.24. The number of unbranched alkanes of at least 4 members (excludes halogenated alkanes) is 2. The van der Waals surface area contributed by atoms with E-state index in [1.54, 1.807) is 25.3 Å². The minimum atomic E-state index is -0.341. The Hall–Kier alpha value is -3.72. The van der Waals surface area contributed by atoms with Crippen LogP contribution in [-0.4, -0.2) is 16.5 Å². The van der Waals surface area contributed by atoms with E-state index in [1.807, 2.05) is 47.4 Å². The van der Waals surface area contributed by atoms with E-state index in [0.717, 1.165) is 36.0 Å². The van der Waals surface area contributed by atoms with Crippen molar-refractivity contribution in [3.8, 4) is 17.2 Å². The molecule has 0 bridgehead atoms. The summed E-state index contributed by atoms with van der Waals surface area (Å²) in [4.78, 5) is 17.7. The first-order valence-electron chi connectivity index (χ1n) is 10.5. The molecule has 0 aliphatic carbocycles. The monoisotopic (exact) mass is 414 g/mol. The van der Waals surface area contributed by atoms with Crippen LogP contribution in [0.15, 0.2) is 60.8 Å². The van der Waals surface area contributed by atoms with Crippen molar-refractivity contribution in [1.29, 1.82) is 5.26 Å². The summed E-state index contributed by atoms with van der Waals surface area (Å²) in [5, 5.41) is 21.1. The number of benzene rings is 2. The highest BCUT2D eigenvalue weighted by Crippen LogP contribution is 2.31. The molecule has 3 rings (SSSR count). The van der Waals surface area contributed by atoms with E-state index in [4.69, 9.17) is 0 Å². The summed E-state index contributed by atoms with van der Waals surface area (Å²) >= 11 is 0. The van der Waals surface area contributed by atoms with Crippen LogP contribution < -0.4 is 4.90 Å². The van der Waals surface area contributed by atoms with Crippen LogP contribution in [0.5, 0.6) is 0 Å². The standard InChI is InChI=1S/C25H26N4O2/c1-3-4-7-16-28(25-24(29(30)31)19(2)14-15-27-25)18-20-10-12-21(13-11-20)23-9-6-5-8-22(23)17-26/h5-6,8-15H,3-4,7,16,18H2,1-2H3. The largest absolute Gasteiger partial charge is 0.347 e. The van der Waals surface area contributed by atoms with Gasteiger partial charge in [0.15, 0.2) is 0 Å². The first-order valence-corrected chi connectivity index (χ1v) is 10.5. The Labute approximate surface area is 182 Å². The third-order valence-electron chi connectivity index (χ3n) is 5.31. The second-order valence-electron chi connectivity index (χ2n) is 7.54. The smallest absolute Gasteiger partial charge is 0.314 e. The maximum atomic E-state index is 11.7. The van der Waals surface area contributed by atoms with E-state index in [9.17, 15) is 15.4 Å². The molecule has 0 aliphatic rings. The lowest BCUT2D eigenvalue weighted by molar-refractivity contribution is -0.384. The Kier molecular flexibility index (Phi) is 7.34. The third kappa shape index (κ3) is 5.26. The zero-order valence-electron chi connectivity index (χ0n) is 17.9. The Balaban J connectivity index is 1.90. The van der Waals surface area contributed by atoms with Gasteiger partial charge in [0.2, 0.25) is 5.82 Å². The molecule has 0 fully saturated rings. The van der Waals surface area contributed by atoms with Crippen molar-refractivity contribution in [1.82, 2.24) is 4.98 Å². The number of nitro groups is 1. The second-order valence-corrected chi connectivity index (χ2v) is 7.54. The lowest BCUT2D eigenvalue weighted by Crippen LogP contribution is -2.26. The molecule has 2 aromatic carbocycles. The molecule has 0 atom stereocenters. The van der Waals surface area contributed by atoms with Gasteiger partial charge in [0.1, 0.15) is 0 Å². The second kappa shape index (κ2) is 10.4. The fourth-order valence-electron chi connectivity index (χ4n) is 3.65. The van der Waals surface area contributed by atoms with Crippen molar-refractivity contribution in [3.05, 3.63) is 87.6 Å². The van der Waals surface area contributed by atoms with Crippen LogP contribution in [0.2, 0.25) is 0 Å². The maximum Gasteiger partial charge on any atom is 0.314 e. The Bertz CT molecular complexity index is 1090. The molecule has 31 heavy (non-hydrogen) atoms. The zero-order chi connectivity index (χ0) is 22.2. The molecule has 0 radical (unpaired) electrons. The minimum absolute atomic E-state index is 0.0681. The SMILES string of the molecule is CCCCCN(Cc1ccc(-c2ccccc2C#N)cc1)c1nccc(C)c1[N+](=O)[O-]. The fourth-order valence-corrected chi connectivity index (χ4v) is 3.65. The molecule has 1 aromatic heterocycles. The van der Waals surface area contributed by atoms with Crippen molar-refractivity contribution in [2.75, 3.05) is 11.4 Å². The Morgan fingerprint density at radius 2 is 1.84 bits per heavy atom. The molecule has 0 saturated heterocycles. The van der Waals surface area contributed by atoms with Gasteiger partial charge in [-0.15, -0.1) is 0 Å². The predicted octanol–water partition coefficient (Wildman–Crippen LogP) is 6.03. The summed E-state index contributed by atoms with van der Waals surface area (Å²) in [6.07, 6.45) is 4.70. The number of nitrogens with zero attached hydrogens (tertiary/aromatic N) is 4. The van der Waals surface area contributed by atoms with Crippen molar-refractivity contribution >= 4 is 11.5 Å². The van der Waals surface area contributed by atoms with Gasteiger partial charge >= 0.3 is 5.69 Å². The van der Waals surface area contributed by atoms with E-state index in [1.165, 1.54) is 0 Å².